The summed E-state index contributed by atoms with van der Waals surface area (Å²) >= 11 is 1.54. The smallest absolute Gasteiger partial charge is 0.255 e. The molecule has 6 nitrogen and oxygen atoms in total. The lowest BCUT2D eigenvalue weighted by molar-refractivity contribution is 0.102. The minimum Gasteiger partial charge on any atom is -0.322 e. The molecule has 0 bridgehead atoms. The second-order valence-corrected chi connectivity index (χ2v) is 5.89. The third-order valence-corrected chi connectivity index (χ3v) is 4.18. The topological polar surface area (TPSA) is 94.5 Å². The molecule has 3 aromatic rings. The van der Waals surface area contributed by atoms with Gasteiger partial charge in [0.15, 0.2) is 5.16 Å². The lowest BCUT2D eigenvalue weighted by Crippen LogP contribution is -2.11. The van der Waals surface area contributed by atoms with E-state index in [4.69, 9.17) is 5.26 Å². The van der Waals surface area contributed by atoms with E-state index in [1.54, 1.807) is 48.2 Å². The molecule has 3 rings (SSSR count). The first-order valence-corrected chi connectivity index (χ1v) is 8.12. The summed E-state index contributed by atoms with van der Waals surface area (Å²) in [6.07, 6.45) is 1.47. The van der Waals surface area contributed by atoms with Crippen LogP contribution in [0.25, 0.3) is 0 Å². The van der Waals surface area contributed by atoms with E-state index in [2.05, 4.69) is 20.5 Å². The molecule has 1 heterocycles. The summed E-state index contributed by atoms with van der Waals surface area (Å²) in [6.45, 7) is 0. The highest BCUT2D eigenvalue weighted by Crippen LogP contribution is 2.19. The first-order chi connectivity index (χ1) is 11.7. The first kappa shape index (κ1) is 15.8. The summed E-state index contributed by atoms with van der Waals surface area (Å²) in [5.74, 6) is 0.529. The number of nitrogens with zero attached hydrogens (tertiary/aromatic N) is 3. The maximum atomic E-state index is 12.2. The quantitative estimate of drug-likeness (QED) is 0.698. The van der Waals surface area contributed by atoms with Crippen LogP contribution in [-0.4, -0.2) is 21.1 Å². The molecule has 0 unspecified atom stereocenters. The third kappa shape index (κ3) is 4.00. The van der Waals surface area contributed by atoms with E-state index in [1.807, 2.05) is 18.2 Å². The molecule has 0 spiro atoms. The summed E-state index contributed by atoms with van der Waals surface area (Å²) < 4.78 is 0. The van der Waals surface area contributed by atoms with Crippen LogP contribution in [0.4, 0.5) is 5.69 Å². The van der Waals surface area contributed by atoms with Gasteiger partial charge in [-0.2, -0.15) is 10.4 Å². The van der Waals surface area contributed by atoms with Crippen molar-refractivity contribution in [2.75, 3.05) is 5.32 Å². The zero-order valence-electron chi connectivity index (χ0n) is 12.6. The van der Waals surface area contributed by atoms with Crippen LogP contribution in [0.1, 0.15) is 21.5 Å². The molecule has 1 amide bonds. The zero-order valence-corrected chi connectivity index (χ0v) is 13.4. The molecular weight excluding hydrogens is 322 g/mol. The van der Waals surface area contributed by atoms with E-state index in [1.165, 1.54) is 6.33 Å². The number of thioether (sulfide) groups is 1. The molecule has 0 saturated heterocycles. The molecule has 0 atom stereocenters. The number of aromatic amines is 1. The predicted molar refractivity (Wildman–Crippen MR) is 91.5 cm³/mol. The van der Waals surface area contributed by atoms with Gasteiger partial charge in [0.2, 0.25) is 0 Å². The Balaban J connectivity index is 1.62. The molecule has 118 valence electrons. The van der Waals surface area contributed by atoms with Crippen LogP contribution in [0, 0.1) is 11.3 Å². The second-order valence-electron chi connectivity index (χ2n) is 4.92. The van der Waals surface area contributed by atoms with Crippen molar-refractivity contribution < 1.29 is 4.79 Å². The van der Waals surface area contributed by atoms with E-state index < -0.39 is 0 Å². The highest BCUT2D eigenvalue weighted by molar-refractivity contribution is 7.98. The second kappa shape index (κ2) is 7.44. The third-order valence-electron chi connectivity index (χ3n) is 3.23. The Morgan fingerprint density at radius 1 is 1.25 bits per heavy atom. The number of hydrogen-bond acceptors (Lipinski definition) is 5. The number of anilines is 1. The number of H-pyrrole nitrogens is 1. The molecule has 0 aliphatic heterocycles. The number of amides is 1. The largest absolute Gasteiger partial charge is 0.322 e. The normalized spacial score (nSPS) is 10.1. The fourth-order valence-corrected chi connectivity index (χ4v) is 2.77. The summed E-state index contributed by atoms with van der Waals surface area (Å²) in [7, 11) is 0. The monoisotopic (exact) mass is 335 g/mol. The maximum absolute atomic E-state index is 12.2. The van der Waals surface area contributed by atoms with Crippen molar-refractivity contribution in [3.63, 3.8) is 0 Å². The average Bonchev–Trinajstić information content (AvgIpc) is 3.14. The predicted octanol–water partition coefficient (Wildman–Crippen LogP) is 3.22. The number of hydrogen-bond donors (Lipinski definition) is 2. The fourth-order valence-electron chi connectivity index (χ4n) is 2.04. The fraction of sp³-hybridized carbons (Fsp3) is 0.0588. The molecular formula is C17H13N5OS. The van der Waals surface area contributed by atoms with Crippen LogP contribution < -0.4 is 5.32 Å². The lowest BCUT2D eigenvalue weighted by atomic mass is 10.1. The van der Waals surface area contributed by atoms with Crippen LogP contribution in [0.15, 0.2) is 60.0 Å². The zero-order chi connectivity index (χ0) is 16.8. The van der Waals surface area contributed by atoms with Crippen molar-refractivity contribution in [1.29, 1.82) is 5.26 Å². The van der Waals surface area contributed by atoms with Crippen LogP contribution in [0.3, 0.4) is 0 Å². The number of aromatic nitrogens is 3. The van der Waals surface area contributed by atoms with Gasteiger partial charge in [-0.3, -0.25) is 9.89 Å². The Hall–Kier alpha value is -3.11. The summed E-state index contributed by atoms with van der Waals surface area (Å²) in [5, 5.41) is 19.0. The summed E-state index contributed by atoms with van der Waals surface area (Å²) in [5.41, 5.74) is 2.75. The minimum atomic E-state index is -0.209. The minimum absolute atomic E-state index is 0.209. The lowest BCUT2D eigenvalue weighted by Gasteiger charge is -2.06. The molecule has 24 heavy (non-hydrogen) atoms. The number of benzene rings is 2. The Morgan fingerprint density at radius 3 is 2.79 bits per heavy atom. The highest BCUT2D eigenvalue weighted by atomic mass is 32.2. The van der Waals surface area contributed by atoms with E-state index in [0.29, 0.717) is 16.8 Å². The number of carbonyl (C=O) groups is 1. The van der Waals surface area contributed by atoms with Crippen LogP contribution in [0.5, 0.6) is 0 Å². The number of rotatable bonds is 5. The standard InChI is InChI=1S/C17H13N5OS/c18-9-13-2-1-3-15(8-13)21-16(23)14-6-4-12(5-7-14)10-24-17-19-11-20-22-17/h1-8,11H,10H2,(H,21,23)(H,19,20,22). The Bertz CT molecular complexity index is 869. The van der Waals surface area contributed by atoms with E-state index in [0.717, 1.165) is 16.5 Å². The molecule has 2 N–H and O–H groups in total. The van der Waals surface area contributed by atoms with Crippen LogP contribution in [0.2, 0.25) is 0 Å². The highest BCUT2D eigenvalue weighted by Gasteiger charge is 2.07. The maximum Gasteiger partial charge on any atom is 0.255 e. The average molecular weight is 335 g/mol. The summed E-state index contributed by atoms with van der Waals surface area (Å²) in [6, 6.07) is 16.2. The Morgan fingerprint density at radius 2 is 2.08 bits per heavy atom. The van der Waals surface area contributed by atoms with E-state index in [-0.39, 0.29) is 5.91 Å². The van der Waals surface area contributed by atoms with Gasteiger partial charge in [-0.15, -0.1) is 0 Å². The molecule has 0 saturated carbocycles. The molecule has 2 aromatic carbocycles. The van der Waals surface area contributed by atoms with Gasteiger partial charge in [-0.25, -0.2) is 4.98 Å². The van der Waals surface area contributed by atoms with Gasteiger partial charge < -0.3 is 5.32 Å². The molecule has 0 aliphatic rings. The number of carbonyl (C=O) groups excluding carboxylic acids is 1. The Kier molecular flexibility index (Phi) is 4.89. The SMILES string of the molecule is N#Cc1cccc(NC(=O)c2ccc(CSc3ncn[nH]3)cc2)c1. The van der Waals surface area contributed by atoms with E-state index >= 15 is 0 Å². The van der Waals surface area contributed by atoms with Crippen molar-refractivity contribution in [3.05, 3.63) is 71.5 Å². The van der Waals surface area contributed by atoms with Gasteiger partial charge in [0.05, 0.1) is 11.6 Å². The molecule has 1 aromatic heterocycles. The summed E-state index contributed by atoms with van der Waals surface area (Å²) in [4.78, 5) is 16.3. The Labute approximate surface area is 142 Å². The number of nitrogens with one attached hydrogen (secondary N) is 2. The van der Waals surface area contributed by atoms with Crippen molar-refractivity contribution in [1.82, 2.24) is 15.2 Å². The van der Waals surface area contributed by atoms with Crippen LogP contribution in [-0.2, 0) is 5.75 Å². The molecule has 7 heteroatoms. The van der Waals surface area contributed by atoms with Crippen molar-refractivity contribution in [2.45, 2.75) is 10.9 Å². The number of nitriles is 1. The first-order valence-electron chi connectivity index (χ1n) is 7.13. The van der Waals surface area contributed by atoms with E-state index in [9.17, 15) is 4.79 Å². The molecule has 0 aliphatic carbocycles. The van der Waals surface area contributed by atoms with Gasteiger partial charge in [0.1, 0.15) is 6.33 Å². The molecule has 0 radical (unpaired) electrons. The van der Waals surface area contributed by atoms with Gasteiger partial charge in [-0.1, -0.05) is 30.0 Å². The van der Waals surface area contributed by atoms with Gasteiger partial charge >= 0.3 is 0 Å². The van der Waals surface area contributed by atoms with Gasteiger partial charge in [0.25, 0.3) is 5.91 Å². The van der Waals surface area contributed by atoms with Gasteiger partial charge in [0, 0.05) is 17.0 Å². The molecule has 0 fully saturated rings. The van der Waals surface area contributed by atoms with Crippen molar-refractivity contribution >= 4 is 23.4 Å². The van der Waals surface area contributed by atoms with Gasteiger partial charge in [-0.05, 0) is 35.9 Å². The van der Waals surface area contributed by atoms with Crippen molar-refractivity contribution in [2.24, 2.45) is 0 Å². The van der Waals surface area contributed by atoms with Crippen molar-refractivity contribution in [3.8, 4) is 6.07 Å². The van der Waals surface area contributed by atoms with Crippen LogP contribution >= 0.6 is 11.8 Å².